The van der Waals surface area contributed by atoms with Gasteiger partial charge >= 0.3 is 0 Å². The number of anilines is 1. The molecular weight excluding hydrogens is 164 g/mol. The largest absolute Gasteiger partial charge is 0.368 e. The summed E-state index contributed by atoms with van der Waals surface area (Å²) in [4.78, 5) is 8.13. The highest BCUT2D eigenvalue weighted by Crippen LogP contribution is 2.08. The first-order chi connectivity index (χ1) is 6.45. The number of rotatable bonds is 3. The Morgan fingerprint density at radius 1 is 1.54 bits per heavy atom. The van der Waals surface area contributed by atoms with Crippen LogP contribution in [0.4, 0.5) is 5.82 Å². The van der Waals surface area contributed by atoms with E-state index in [9.17, 15) is 0 Å². The summed E-state index contributed by atoms with van der Waals surface area (Å²) in [6, 6.07) is 0. The minimum atomic E-state index is 0.738. The van der Waals surface area contributed by atoms with E-state index in [4.69, 9.17) is 0 Å². The van der Waals surface area contributed by atoms with Crippen molar-refractivity contribution in [3.8, 4) is 0 Å². The summed E-state index contributed by atoms with van der Waals surface area (Å²) >= 11 is 0. The first-order valence-corrected chi connectivity index (χ1v) is 4.66. The molecular formula is C9H14N4. The molecule has 0 saturated carbocycles. The van der Waals surface area contributed by atoms with Crippen molar-refractivity contribution in [2.24, 2.45) is 5.92 Å². The van der Waals surface area contributed by atoms with Gasteiger partial charge in [0, 0.05) is 18.9 Å². The van der Waals surface area contributed by atoms with E-state index in [1.807, 2.05) is 0 Å². The van der Waals surface area contributed by atoms with Gasteiger partial charge in [-0.3, -0.25) is 4.98 Å². The van der Waals surface area contributed by atoms with E-state index in [-0.39, 0.29) is 0 Å². The lowest BCUT2D eigenvalue weighted by Crippen LogP contribution is -2.17. The lowest BCUT2D eigenvalue weighted by atomic mass is 10.1. The molecule has 2 heterocycles. The molecule has 1 saturated heterocycles. The maximum Gasteiger partial charge on any atom is 0.144 e. The minimum Gasteiger partial charge on any atom is -0.368 e. The Morgan fingerprint density at radius 3 is 3.23 bits per heavy atom. The van der Waals surface area contributed by atoms with Crippen LogP contribution < -0.4 is 10.6 Å². The average molecular weight is 178 g/mol. The van der Waals surface area contributed by atoms with E-state index in [0.29, 0.717) is 0 Å². The van der Waals surface area contributed by atoms with Gasteiger partial charge in [0.05, 0.1) is 6.20 Å². The normalized spacial score (nSPS) is 21.7. The predicted octanol–water partition coefficient (Wildman–Crippen LogP) is 0.498. The van der Waals surface area contributed by atoms with Crippen LogP contribution in [0.1, 0.15) is 6.42 Å². The molecule has 70 valence electrons. The van der Waals surface area contributed by atoms with E-state index < -0.39 is 0 Å². The lowest BCUT2D eigenvalue weighted by Gasteiger charge is -2.09. The topological polar surface area (TPSA) is 49.8 Å². The average Bonchev–Trinajstić information content (AvgIpc) is 2.69. The van der Waals surface area contributed by atoms with Crippen molar-refractivity contribution in [1.82, 2.24) is 15.3 Å². The maximum atomic E-state index is 4.15. The predicted molar refractivity (Wildman–Crippen MR) is 51.5 cm³/mol. The molecule has 1 aliphatic rings. The summed E-state index contributed by atoms with van der Waals surface area (Å²) in [6.45, 7) is 3.26. The molecule has 1 fully saturated rings. The van der Waals surface area contributed by atoms with Gasteiger partial charge in [-0.05, 0) is 25.4 Å². The smallest absolute Gasteiger partial charge is 0.144 e. The van der Waals surface area contributed by atoms with E-state index in [1.165, 1.54) is 6.42 Å². The molecule has 1 atom stereocenters. The van der Waals surface area contributed by atoms with Crippen molar-refractivity contribution in [2.75, 3.05) is 25.0 Å². The van der Waals surface area contributed by atoms with Crippen LogP contribution in [0.25, 0.3) is 0 Å². The van der Waals surface area contributed by atoms with Crippen LogP contribution in [-0.2, 0) is 0 Å². The molecule has 2 N–H and O–H groups in total. The van der Waals surface area contributed by atoms with E-state index in [2.05, 4.69) is 20.6 Å². The van der Waals surface area contributed by atoms with Crippen molar-refractivity contribution in [3.63, 3.8) is 0 Å². The molecule has 0 bridgehead atoms. The molecule has 0 amide bonds. The van der Waals surface area contributed by atoms with Crippen molar-refractivity contribution < 1.29 is 0 Å². The minimum absolute atomic E-state index is 0.738. The molecule has 0 aromatic carbocycles. The van der Waals surface area contributed by atoms with Gasteiger partial charge in [-0.25, -0.2) is 4.98 Å². The van der Waals surface area contributed by atoms with Crippen LogP contribution in [0.15, 0.2) is 18.6 Å². The highest BCUT2D eigenvalue weighted by Gasteiger charge is 2.13. The van der Waals surface area contributed by atoms with Crippen LogP contribution in [-0.4, -0.2) is 29.6 Å². The molecule has 1 aromatic rings. The fourth-order valence-corrected chi connectivity index (χ4v) is 1.53. The number of nitrogens with zero attached hydrogens (tertiary/aromatic N) is 2. The van der Waals surface area contributed by atoms with Crippen LogP contribution in [0.5, 0.6) is 0 Å². The highest BCUT2D eigenvalue weighted by molar-refractivity contribution is 5.29. The van der Waals surface area contributed by atoms with Crippen LogP contribution in [0.2, 0.25) is 0 Å². The van der Waals surface area contributed by atoms with Gasteiger partial charge in [0.25, 0.3) is 0 Å². The Kier molecular flexibility index (Phi) is 2.72. The zero-order valence-corrected chi connectivity index (χ0v) is 7.53. The van der Waals surface area contributed by atoms with Crippen LogP contribution in [0, 0.1) is 5.92 Å². The molecule has 4 nitrogen and oxygen atoms in total. The first-order valence-electron chi connectivity index (χ1n) is 4.66. The zero-order chi connectivity index (χ0) is 8.93. The SMILES string of the molecule is c1cnc(NC[C@@H]2CCNC2)cn1. The number of nitrogens with one attached hydrogen (secondary N) is 2. The number of aromatic nitrogens is 2. The van der Waals surface area contributed by atoms with Gasteiger partial charge in [0.15, 0.2) is 0 Å². The summed E-state index contributed by atoms with van der Waals surface area (Å²) in [7, 11) is 0. The summed E-state index contributed by atoms with van der Waals surface area (Å²) in [5, 5.41) is 6.61. The standard InChI is InChI=1S/C9H14N4/c1-2-10-5-8(1)6-13-9-7-11-3-4-12-9/h3-4,7-8,10H,1-2,5-6H2,(H,12,13)/t8-/m1/s1. The molecule has 2 rings (SSSR count). The molecule has 0 unspecified atom stereocenters. The Bertz CT molecular complexity index is 243. The summed E-state index contributed by atoms with van der Waals surface area (Å²) in [5.41, 5.74) is 0. The third-order valence-electron chi connectivity index (χ3n) is 2.30. The molecule has 0 aliphatic carbocycles. The number of hydrogen-bond acceptors (Lipinski definition) is 4. The third kappa shape index (κ3) is 2.39. The van der Waals surface area contributed by atoms with E-state index >= 15 is 0 Å². The van der Waals surface area contributed by atoms with Gasteiger partial charge in [-0.15, -0.1) is 0 Å². The van der Waals surface area contributed by atoms with Crippen molar-refractivity contribution in [3.05, 3.63) is 18.6 Å². The molecule has 13 heavy (non-hydrogen) atoms. The molecule has 0 spiro atoms. The molecule has 4 heteroatoms. The highest BCUT2D eigenvalue weighted by atomic mass is 15.0. The van der Waals surface area contributed by atoms with Gasteiger partial charge in [0.1, 0.15) is 5.82 Å². The van der Waals surface area contributed by atoms with Crippen molar-refractivity contribution in [2.45, 2.75) is 6.42 Å². The Balaban J connectivity index is 1.79. The zero-order valence-electron chi connectivity index (χ0n) is 7.53. The van der Waals surface area contributed by atoms with Crippen LogP contribution in [0.3, 0.4) is 0 Å². The second kappa shape index (κ2) is 4.18. The van der Waals surface area contributed by atoms with Crippen molar-refractivity contribution in [1.29, 1.82) is 0 Å². The fourth-order valence-electron chi connectivity index (χ4n) is 1.53. The second-order valence-corrected chi connectivity index (χ2v) is 3.33. The Labute approximate surface area is 77.8 Å². The summed E-state index contributed by atoms with van der Waals surface area (Å²) < 4.78 is 0. The second-order valence-electron chi connectivity index (χ2n) is 3.33. The van der Waals surface area contributed by atoms with Gasteiger partial charge in [-0.1, -0.05) is 0 Å². The Morgan fingerprint density at radius 2 is 2.54 bits per heavy atom. The van der Waals surface area contributed by atoms with E-state index in [1.54, 1.807) is 18.6 Å². The quantitative estimate of drug-likeness (QED) is 0.707. The lowest BCUT2D eigenvalue weighted by molar-refractivity contribution is 0.614. The molecule has 1 aliphatic heterocycles. The monoisotopic (exact) mass is 178 g/mol. The maximum absolute atomic E-state index is 4.15. The molecule has 1 aromatic heterocycles. The van der Waals surface area contributed by atoms with Gasteiger partial charge in [0.2, 0.25) is 0 Å². The third-order valence-corrected chi connectivity index (χ3v) is 2.30. The summed E-state index contributed by atoms with van der Waals surface area (Å²) in [5.74, 6) is 1.61. The van der Waals surface area contributed by atoms with Crippen molar-refractivity contribution >= 4 is 5.82 Å². The number of hydrogen-bond donors (Lipinski definition) is 2. The van der Waals surface area contributed by atoms with Crippen LogP contribution >= 0.6 is 0 Å². The Hall–Kier alpha value is -1.16. The summed E-state index contributed by atoms with van der Waals surface area (Å²) in [6.07, 6.45) is 6.40. The van der Waals surface area contributed by atoms with Gasteiger partial charge < -0.3 is 10.6 Å². The molecule has 0 radical (unpaired) electrons. The van der Waals surface area contributed by atoms with E-state index in [0.717, 1.165) is 31.4 Å². The fraction of sp³-hybridized carbons (Fsp3) is 0.556. The van der Waals surface area contributed by atoms with Gasteiger partial charge in [-0.2, -0.15) is 0 Å². The first kappa shape index (κ1) is 8.44.